The lowest BCUT2D eigenvalue weighted by Crippen LogP contribution is -2.54. The molecule has 0 aliphatic carbocycles. The number of hydrogen-bond acceptors (Lipinski definition) is 12. The molecule has 0 aliphatic heterocycles. The van der Waals surface area contributed by atoms with Crippen LogP contribution >= 0.6 is 0 Å². The molecule has 7 amide bonds. The molecule has 276 valence electrons. The fourth-order valence-electron chi connectivity index (χ4n) is 3.48. The average molecular weight is 703 g/mol. The van der Waals surface area contributed by atoms with Gasteiger partial charge in [-0.3, -0.25) is 48.3 Å². The molecule has 0 unspecified atom stereocenters. The van der Waals surface area contributed by atoms with Gasteiger partial charge in [0.2, 0.25) is 41.4 Å². The SMILES string of the molecule is NC(N)=NCCC[C@H](NC(=O)CNC(=O)CNC(=O)[C@@H](N)CO)C(=O)NCC(=O)N[C@@H](CCCN=C(N)N)C(=O)NCC(=O)NCC(=O)O. The molecule has 49 heavy (non-hydrogen) atoms. The Morgan fingerprint density at radius 1 is 0.551 bits per heavy atom. The van der Waals surface area contributed by atoms with E-state index in [1.807, 2.05) is 0 Å². The molecule has 3 atom stereocenters. The summed E-state index contributed by atoms with van der Waals surface area (Å²) in [6.45, 7) is -3.48. The molecule has 0 bridgehead atoms. The van der Waals surface area contributed by atoms with Crippen molar-refractivity contribution in [1.82, 2.24) is 37.2 Å². The van der Waals surface area contributed by atoms with Crippen molar-refractivity contribution in [2.24, 2.45) is 38.7 Å². The Hall–Kier alpha value is -5.78. The Kier molecular flexibility index (Phi) is 21.5. The highest BCUT2D eigenvalue weighted by atomic mass is 16.4. The summed E-state index contributed by atoms with van der Waals surface area (Å²) in [5, 5.41) is 33.4. The number of amides is 7. The van der Waals surface area contributed by atoms with Crippen molar-refractivity contribution in [3.8, 4) is 0 Å². The molecule has 19 N–H and O–H groups in total. The molecule has 0 rings (SSSR count). The van der Waals surface area contributed by atoms with E-state index in [1.54, 1.807) is 0 Å². The summed E-state index contributed by atoms with van der Waals surface area (Å²) in [7, 11) is 0. The van der Waals surface area contributed by atoms with Gasteiger partial charge in [-0.25, -0.2) is 0 Å². The first-order valence-corrected chi connectivity index (χ1v) is 14.7. The molecule has 0 saturated heterocycles. The lowest BCUT2D eigenvalue weighted by Gasteiger charge is -2.20. The number of hydrogen-bond donors (Lipinski definition) is 14. The predicted molar refractivity (Wildman–Crippen MR) is 171 cm³/mol. The van der Waals surface area contributed by atoms with E-state index in [4.69, 9.17) is 38.9 Å². The minimum Gasteiger partial charge on any atom is -0.480 e. The fourth-order valence-corrected chi connectivity index (χ4v) is 3.48. The van der Waals surface area contributed by atoms with Gasteiger partial charge in [0.1, 0.15) is 24.7 Å². The van der Waals surface area contributed by atoms with E-state index >= 15 is 0 Å². The van der Waals surface area contributed by atoms with Crippen molar-refractivity contribution in [3.05, 3.63) is 0 Å². The van der Waals surface area contributed by atoms with E-state index in [0.717, 1.165) is 0 Å². The molecule has 0 radical (unpaired) electrons. The number of nitrogens with one attached hydrogen (secondary N) is 7. The second kappa shape index (κ2) is 24.4. The van der Waals surface area contributed by atoms with Crippen LogP contribution in [0, 0.1) is 0 Å². The van der Waals surface area contributed by atoms with Crippen LogP contribution in [0.4, 0.5) is 0 Å². The van der Waals surface area contributed by atoms with Gasteiger partial charge >= 0.3 is 5.97 Å². The van der Waals surface area contributed by atoms with E-state index in [0.29, 0.717) is 0 Å². The topological polar surface area (TPSA) is 416 Å². The largest absolute Gasteiger partial charge is 0.480 e. The molecule has 0 heterocycles. The van der Waals surface area contributed by atoms with Crippen molar-refractivity contribution in [2.45, 2.75) is 43.8 Å². The van der Waals surface area contributed by atoms with Crippen LogP contribution < -0.4 is 65.9 Å². The summed E-state index contributed by atoms with van der Waals surface area (Å²) in [5.41, 5.74) is 26.5. The summed E-state index contributed by atoms with van der Waals surface area (Å²) in [5.74, 6) is -7.28. The number of guanidine groups is 2. The quantitative estimate of drug-likeness (QED) is 0.0252. The summed E-state index contributed by atoms with van der Waals surface area (Å²) in [6, 6.07) is -3.68. The van der Waals surface area contributed by atoms with Crippen molar-refractivity contribution < 1.29 is 48.6 Å². The van der Waals surface area contributed by atoms with Gasteiger partial charge in [0.05, 0.1) is 32.8 Å². The van der Waals surface area contributed by atoms with Gasteiger partial charge in [-0.1, -0.05) is 0 Å². The molecule has 24 heteroatoms. The molecular weight excluding hydrogens is 656 g/mol. The number of aliphatic hydroxyl groups excluding tert-OH is 1. The lowest BCUT2D eigenvalue weighted by atomic mass is 10.1. The Morgan fingerprint density at radius 2 is 0.918 bits per heavy atom. The van der Waals surface area contributed by atoms with Gasteiger partial charge in [0.15, 0.2) is 11.9 Å². The molecule has 0 aliphatic rings. The first-order valence-electron chi connectivity index (χ1n) is 14.7. The van der Waals surface area contributed by atoms with E-state index in [2.05, 4.69) is 47.2 Å². The summed E-state index contributed by atoms with van der Waals surface area (Å²) < 4.78 is 0. The van der Waals surface area contributed by atoms with Crippen molar-refractivity contribution in [2.75, 3.05) is 52.4 Å². The van der Waals surface area contributed by atoms with Crippen LogP contribution in [-0.2, 0) is 38.4 Å². The third kappa shape index (κ3) is 22.4. The van der Waals surface area contributed by atoms with Crippen LogP contribution in [0.2, 0.25) is 0 Å². The van der Waals surface area contributed by atoms with Crippen LogP contribution in [0.3, 0.4) is 0 Å². The number of nitrogens with two attached hydrogens (primary N) is 5. The molecule has 0 fully saturated rings. The van der Waals surface area contributed by atoms with Gasteiger partial charge in [0, 0.05) is 13.1 Å². The van der Waals surface area contributed by atoms with E-state index in [9.17, 15) is 38.4 Å². The fraction of sp³-hybridized carbons (Fsp3) is 0.600. The second-order valence-corrected chi connectivity index (χ2v) is 10.0. The van der Waals surface area contributed by atoms with Crippen molar-refractivity contribution >= 4 is 59.2 Å². The zero-order valence-corrected chi connectivity index (χ0v) is 26.7. The summed E-state index contributed by atoms with van der Waals surface area (Å²) in [4.78, 5) is 104. The minimum absolute atomic E-state index is 0.00120. The van der Waals surface area contributed by atoms with E-state index in [-0.39, 0.29) is 50.7 Å². The van der Waals surface area contributed by atoms with Crippen LogP contribution in [0.5, 0.6) is 0 Å². The summed E-state index contributed by atoms with van der Waals surface area (Å²) in [6.07, 6.45) is 0.436. The average Bonchev–Trinajstić information content (AvgIpc) is 3.04. The molecule has 24 nitrogen and oxygen atoms in total. The van der Waals surface area contributed by atoms with Crippen molar-refractivity contribution in [1.29, 1.82) is 0 Å². The Balaban J connectivity index is 5.29. The number of aliphatic hydroxyl groups is 1. The maximum Gasteiger partial charge on any atom is 0.322 e. The third-order valence-electron chi connectivity index (χ3n) is 5.88. The minimum atomic E-state index is -1.29. The first kappa shape index (κ1) is 43.2. The van der Waals surface area contributed by atoms with E-state index < -0.39 is 105 Å². The van der Waals surface area contributed by atoms with Gasteiger partial charge in [-0.05, 0) is 25.7 Å². The van der Waals surface area contributed by atoms with Crippen LogP contribution in [0.25, 0.3) is 0 Å². The monoisotopic (exact) mass is 702 g/mol. The third-order valence-corrected chi connectivity index (χ3v) is 5.88. The number of aliphatic imine (C=N–C) groups is 2. The zero-order chi connectivity index (χ0) is 37.4. The van der Waals surface area contributed by atoms with Crippen LogP contribution in [-0.4, -0.2) is 140 Å². The molecule has 0 spiro atoms. The zero-order valence-electron chi connectivity index (χ0n) is 26.7. The number of rotatable bonds is 24. The highest BCUT2D eigenvalue weighted by Crippen LogP contribution is 2.01. The highest BCUT2D eigenvalue weighted by Gasteiger charge is 2.24. The maximum absolute atomic E-state index is 12.9. The summed E-state index contributed by atoms with van der Waals surface area (Å²) >= 11 is 0. The first-order chi connectivity index (χ1) is 23.0. The van der Waals surface area contributed by atoms with Gasteiger partial charge in [-0.15, -0.1) is 0 Å². The maximum atomic E-state index is 12.9. The number of carboxylic acids is 1. The normalized spacial score (nSPS) is 12.0. The van der Waals surface area contributed by atoms with Gasteiger partial charge in [-0.2, -0.15) is 0 Å². The number of carbonyl (C=O) groups is 8. The van der Waals surface area contributed by atoms with Gasteiger partial charge < -0.3 is 76.1 Å². The second-order valence-electron chi connectivity index (χ2n) is 10.0. The Labute approximate surface area is 280 Å². The Morgan fingerprint density at radius 3 is 1.31 bits per heavy atom. The smallest absolute Gasteiger partial charge is 0.322 e. The number of carbonyl (C=O) groups excluding carboxylic acids is 7. The lowest BCUT2D eigenvalue weighted by molar-refractivity contribution is -0.138. The molecule has 0 aromatic rings. The highest BCUT2D eigenvalue weighted by molar-refractivity contribution is 5.94. The molecular formula is C25H46N14O10. The van der Waals surface area contributed by atoms with Gasteiger partial charge in [0.25, 0.3) is 0 Å². The predicted octanol–water partition coefficient (Wildman–Crippen LogP) is -8.95. The molecule has 0 aromatic heterocycles. The number of nitrogens with zero attached hydrogens (tertiary/aromatic N) is 2. The van der Waals surface area contributed by atoms with Crippen LogP contribution in [0.15, 0.2) is 9.98 Å². The number of aliphatic carboxylic acids is 1. The molecule has 0 saturated carbocycles. The standard InChI is InChI=1S/C25H46N14O10/c26-13(12-40)21(47)35-7-16(41)33-9-18(43)38-15(4-2-6-32-25(29)30)23(49)37-10-19(44)39-14(3-1-5-31-24(27)28)22(48)36-8-17(42)34-11-20(45)46/h13-15,40H,1-12,26H2,(H,33,41)(H,34,42)(H,35,47)(H,36,48)(H,37,49)(H,38,43)(H,39,44)(H,45,46)(H4,27,28,31)(H4,29,30,32)/t13-,14-,15-/m0/s1. The molecule has 0 aromatic carbocycles. The number of carboxylic acid groups (broad SMARTS) is 1. The van der Waals surface area contributed by atoms with Crippen molar-refractivity contribution in [3.63, 3.8) is 0 Å². The van der Waals surface area contributed by atoms with Crippen LogP contribution in [0.1, 0.15) is 25.7 Å². The Bertz CT molecular complexity index is 1220. The van der Waals surface area contributed by atoms with E-state index in [1.165, 1.54) is 0 Å².